The molecule has 0 fully saturated rings. The molecule has 0 amide bonds. The molecule has 0 aliphatic rings. The summed E-state index contributed by atoms with van der Waals surface area (Å²) < 4.78 is 0. The van der Waals surface area contributed by atoms with Crippen LogP contribution in [-0.4, -0.2) is 0 Å². The Kier molecular flexibility index (Phi) is 7.45. The molecule has 0 nitrogen and oxygen atoms in total. The van der Waals surface area contributed by atoms with E-state index >= 15 is 0 Å². The lowest BCUT2D eigenvalue weighted by atomic mass is 10.0. The Balaban J connectivity index is 0.000000220. The van der Waals surface area contributed by atoms with Crippen molar-refractivity contribution in [1.82, 2.24) is 0 Å². The molecule has 2 heteroatoms. The third kappa shape index (κ3) is 5.04. The number of benzene rings is 2. The van der Waals surface area contributed by atoms with E-state index < -0.39 is 0 Å². The first-order chi connectivity index (χ1) is 10.3. The lowest BCUT2D eigenvalue weighted by molar-refractivity contribution is 1.21. The van der Waals surface area contributed by atoms with Crippen LogP contribution in [-0.2, 0) is 11.8 Å². The summed E-state index contributed by atoms with van der Waals surface area (Å²) in [5.74, 6) is 1.25. The van der Waals surface area contributed by atoms with Crippen LogP contribution in [0.3, 0.4) is 0 Å². The molecule has 0 spiro atoms. The maximum absolute atomic E-state index is 5.79. The summed E-state index contributed by atoms with van der Waals surface area (Å²) in [6.45, 7) is 12.7. The van der Waals surface area contributed by atoms with Crippen molar-refractivity contribution < 1.29 is 0 Å². The fraction of sp³-hybridized carbons (Fsp3) is 0.400. The zero-order valence-corrected chi connectivity index (χ0v) is 16.0. The molecule has 0 N–H and O–H groups in total. The summed E-state index contributed by atoms with van der Waals surface area (Å²) in [4.78, 5) is 0. The Hall–Kier alpha value is -0.980. The van der Waals surface area contributed by atoms with Gasteiger partial charge in [0.2, 0.25) is 0 Å². The highest BCUT2D eigenvalue weighted by Crippen LogP contribution is 2.18. The first-order valence-electron chi connectivity index (χ1n) is 7.55. The Morgan fingerprint density at radius 3 is 0.955 bits per heavy atom. The maximum atomic E-state index is 5.79. The van der Waals surface area contributed by atoms with Crippen LogP contribution >= 0.6 is 23.2 Å². The van der Waals surface area contributed by atoms with Crippen LogP contribution in [0.5, 0.6) is 0 Å². The molecule has 0 radical (unpaired) electrons. The van der Waals surface area contributed by atoms with Crippen molar-refractivity contribution in [2.45, 2.75) is 53.3 Å². The molecule has 120 valence electrons. The summed E-state index contributed by atoms with van der Waals surface area (Å²) in [5, 5.41) is 0. The van der Waals surface area contributed by atoms with Gasteiger partial charge in [-0.05, 0) is 74.9 Å². The van der Waals surface area contributed by atoms with Crippen LogP contribution in [0.1, 0.15) is 44.5 Å². The Labute approximate surface area is 145 Å². The molecule has 0 aromatic heterocycles. The van der Waals surface area contributed by atoms with Crippen LogP contribution < -0.4 is 0 Å². The van der Waals surface area contributed by atoms with Gasteiger partial charge in [-0.3, -0.25) is 0 Å². The second kappa shape index (κ2) is 8.60. The van der Waals surface area contributed by atoms with E-state index in [4.69, 9.17) is 23.2 Å². The van der Waals surface area contributed by atoms with Gasteiger partial charge in [-0.2, -0.15) is 0 Å². The zero-order chi connectivity index (χ0) is 16.9. The molecule has 2 aromatic rings. The highest BCUT2D eigenvalue weighted by atomic mass is 35.5. The normalized spacial score (nSPS) is 10.2. The van der Waals surface area contributed by atoms with E-state index in [1.807, 2.05) is 0 Å². The predicted octanol–water partition coefficient (Wildman–Crippen LogP) is 6.70. The number of hydrogen-bond acceptors (Lipinski definition) is 0. The highest BCUT2D eigenvalue weighted by Gasteiger charge is 2.01. The van der Waals surface area contributed by atoms with Gasteiger partial charge in [-0.25, -0.2) is 0 Å². The van der Waals surface area contributed by atoms with E-state index in [1.54, 1.807) is 0 Å². The highest BCUT2D eigenvalue weighted by molar-refractivity contribution is 6.17. The molecule has 2 rings (SSSR count). The van der Waals surface area contributed by atoms with Crippen LogP contribution in [0.25, 0.3) is 0 Å². The van der Waals surface area contributed by atoms with E-state index in [0.29, 0.717) is 11.8 Å². The van der Waals surface area contributed by atoms with Crippen LogP contribution in [0.15, 0.2) is 24.3 Å². The third-order valence-electron chi connectivity index (χ3n) is 3.95. The molecule has 0 saturated carbocycles. The number of hydrogen-bond donors (Lipinski definition) is 0. The second-order valence-electron chi connectivity index (χ2n) is 6.02. The van der Waals surface area contributed by atoms with E-state index in [1.165, 1.54) is 44.5 Å². The van der Waals surface area contributed by atoms with Gasteiger partial charge in [0.15, 0.2) is 0 Å². The maximum Gasteiger partial charge on any atom is 0.0479 e. The topological polar surface area (TPSA) is 0 Å². The summed E-state index contributed by atoms with van der Waals surface area (Å²) in [6, 6.07) is 8.69. The van der Waals surface area contributed by atoms with Crippen molar-refractivity contribution in [3.8, 4) is 0 Å². The quantitative estimate of drug-likeness (QED) is 0.535. The number of halogens is 2. The van der Waals surface area contributed by atoms with Crippen molar-refractivity contribution in [3.05, 3.63) is 68.8 Å². The lowest BCUT2D eigenvalue weighted by Gasteiger charge is -2.07. The van der Waals surface area contributed by atoms with Crippen LogP contribution in [0.2, 0.25) is 0 Å². The lowest BCUT2D eigenvalue weighted by Crippen LogP contribution is -1.90. The minimum Gasteiger partial charge on any atom is -0.122 e. The van der Waals surface area contributed by atoms with E-state index in [0.717, 1.165) is 0 Å². The largest absolute Gasteiger partial charge is 0.122 e. The second-order valence-corrected chi connectivity index (χ2v) is 6.56. The molecule has 0 bridgehead atoms. The number of rotatable bonds is 2. The predicted molar refractivity (Wildman–Crippen MR) is 100 cm³/mol. The molecule has 2 aromatic carbocycles. The minimum atomic E-state index is 0.623. The molecule has 0 heterocycles. The van der Waals surface area contributed by atoms with Crippen molar-refractivity contribution in [2.75, 3.05) is 0 Å². The van der Waals surface area contributed by atoms with Crippen molar-refractivity contribution in [3.63, 3.8) is 0 Å². The summed E-state index contributed by atoms with van der Waals surface area (Å²) in [6.07, 6.45) is 0. The van der Waals surface area contributed by atoms with Gasteiger partial charge >= 0.3 is 0 Å². The molecular formula is C20H26Cl2. The average Bonchev–Trinajstić information content (AvgIpc) is 2.38. The van der Waals surface area contributed by atoms with Crippen LogP contribution in [0.4, 0.5) is 0 Å². The molecule has 0 unspecified atom stereocenters. The fourth-order valence-electron chi connectivity index (χ4n) is 2.84. The van der Waals surface area contributed by atoms with Gasteiger partial charge in [-0.15, -0.1) is 23.2 Å². The monoisotopic (exact) mass is 336 g/mol. The van der Waals surface area contributed by atoms with Crippen molar-refractivity contribution >= 4 is 23.2 Å². The van der Waals surface area contributed by atoms with Gasteiger partial charge < -0.3 is 0 Å². The van der Waals surface area contributed by atoms with Gasteiger partial charge in [0, 0.05) is 11.8 Å². The first kappa shape index (κ1) is 19.1. The third-order valence-corrected chi connectivity index (χ3v) is 4.48. The van der Waals surface area contributed by atoms with Gasteiger partial charge in [-0.1, -0.05) is 35.4 Å². The van der Waals surface area contributed by atoms with Gasteiger partial charge in [0.1, 0.15) is 0 Å². The van der Waals surface area contributed by atoms with Crippen molar-refractivity contribution in [2.24, 2.45) is 0 Å². The number of alkyl halides is 2. The summed E-state index contributed by atoms with van der Waals surface area (Å²) >= 11 is 11.6. The van der Waals surface area contributed by atoms with Gasteiger partial charge in [0.05, 0.1) is 0 Å². The van der Waals surface area contributed by atoms with Crippen molar-refractivity contribution in [1.29, 1.82) is 0 Å². The Morgan fingerprint density at radius 2 is 0.773 bits per heavy atom. The SMILES string of the molecule is Cc1cc(C)c(CCl)c(C)c1.Cc1cc(C)c(CCl)c(C)c1. The molecular weight excluding hydrogens is 311 g/mol. The van der Waals surface area contributed by atoms with Crippen LogP contribution in [0, 0.1) is 41.5 Å². The molecule has 0 aliphatic carbocycles. The minimum absolute atomic E-state index is 0.623. The van der Waals surface area contributed by atoms with Gasteiger partial charge in [0.25, 0.3) is 0 Å². The molecule has 0 atom stereocenters. The molecule has 22 heavy (non-hydrogen) atoms. The Morgan fingerprint density at radius 1 is 0.545 bits per heavy atom. The smallest absolute Gasteiger partial charge is 0.0479 e. The molecule has 0 aliphatic heterocycles. The summed E-state index contributed by atoms with van der Waals surface area (Å²) in [5.41, 5.74) is 10.4. The Bertz CT molecular complexity index is 539. The van der Waals surface area contributed by atoms with E-state index in [9.17, 15) is 0 Å². The standard InChI is InChI=1S/2C10H13Cl/c2*1-7-4-8(2)10(6-11)9(3)5-7/h2*4-5H,6H2,1-3H3. The molecule has 0 saturated heterocycles. The first-order valence-corrected chi connectivity index (χ1v) is 8.62. The van der Waals surface area contributed by atoms with E-state index in [-0.39, 0.29) is 0 Å². The average molecular weight is 337 g/mol. The van der Waals surface area contributed by atoms with E-state index in [2.05, 4.69) is 65.8 Å². The number of aryl methyl sites for hydroxylation is 6. The summed E-state index contributed by atoms with van der Waals surface area (Å²) in [7, 11) is 0. The zero-order valence-electron chi connectivity index (χ0n) is 14.5. The fourth-order valence-corrected chi connectivity index (χ4v) is 3.68.